The molecule has 0 radical (unpaired) electrons. The van der Waals surface area contributed by atoms with Crippen LogP contribution >= 0.6 is 0 Å². The average molecular weight is 241 g/mol. The third-order valence-corrected chi connectivity index (χ3v) is 3.55. The highest BCUT2D eigenvalue weighted by atomic mass is 16.5. The van der Waals surface area contributed by atoms with E-state index in [-0.39, 0.29) is 12.1 Å². The Labute approximate surface area is 103 Å². The molecule has 0 aromatic heterocycles. The second-order valence-electron chi connectivity index (χ2n) is 4.98. The zero-order chi connectivity index (χ0) is 12.1. The van der Waals surface area contributed by atoms with Gasteiger partial charge in [0.15, 0.2) is 0 Å². The van der Waals surface area contributed by atoms with Gasteiger partial charge in [-0.2, -0.15) is 0 Å². The summed E-state index contributed by atoms with van der Waals surface area (Å²) in [6.45, 7) is 5.59. The molecule has 2 heterocycles. The maximum absolute atomic E-state index is 11.8. The average Bonchev–Trinajstić information content (AvgIpc) is 2.98. The first-order valence-electron chi connectivity index (χ1n) is 6.57. The minimum Gasteiger partial charge on any atom is -0.379 e. The molecule has 0 bridgehead atoms. The maximum atomic E-state index is 11.8. The minimum atomic E-state index is 0.0275. The van der Waals surface area contributed by atoms with Gasteiger partial charge in [0, 0.05) is 26.7 Å². The molecule has 5 nitrogen and oxygen atoms in total. The SMILES string of the molecule is CN(CCN1CCCC1)C(=O)NC1CCOC1. The van der Waals surface area contributed by atoms with Crippen molar-refractivity contribution in [1.29, 1.82) is 0 Å². The number of nitrogens with one attached hydrogen (secondary N) is 1. The highest BCUT2D eigenvalue weighted by Gasteiger charge is 2.20. The van der Waals surface area contributed by atoms with Gasteiger partial charge in [-0.3, -0.25) is 0 Å². The highest BCUT2D eigenvalue weighted by molar-refractivity contribution is 5.74. The van der Waals surface area contributed by atoms with E-state index in [2.05, 4.69) is 10.2 Å². The summed E-state index contributed by atoms with van der Waals surface area (Å²) in [5, 5.41) is 3.00. The number of nitrogens with zero attached hydrogens (tertiary/aromatic N) is 2. The van der Waals surface area contributed by atoms with Crippen molar-refractivity contribution < 1.29 is 9.53 Å². The van der Waals surface area contributed by atoms with Gasteiger partial charge >= 0.3 is 6.03 Å². The van der Waals surface area contributed by atoms with E-state index in [1.165, 1.54) is 25.9 Å². The molecule has 0 aliphatic carbocycles. The number of carbonyl (C=O) groups excluding carboxylic acids is 1. The van der Waals surface area contributed by atoms with E-state index in [1.807, 2.05) is 7.05 Å². The number of hydrogen-bond donors (Lipinski definition) is 1. The lowest BCUT2D eigenvalue weighted by atomic mass is 10.3. The molecule has 1 unspecified atom stereocenters. The van der Waals surface area contributed by atoms with Crippen LogP contribution < -0.4 is 5.32 Å². The lowest BCUT2D eigenvalue weighted by Gasteiger charge is -2.23. The third kappa shape index (κ3) is 3.85. The molecule has 5 heteroatoms. The fraction of sp³-hybridized carbons (Fsp3) is 0.917. The largest absolute Gasteiger partial charge is 0.379 e. The Morgan fingerprint density at radius 2 is 2.24 bits per heavy atom. The quantitative estimate of drug-likeness (QED) is 0.780. The monoisotopic (exact) mass is 241 g/mol. The summed E-state index contributed by atoms with van der Waals surface area (Å²) in [5.74, 6) is 0. The first kappa shape index (κ1) is 12.6. The van der Waals surface area contributed by atoms with E-state index < -0.39 is 0 Å². The van der Waals surface area contributed by atoms with Gasteiger partial charge in [-0.15, -0.1) is 0 Å². The van der Waals surface area contributed by atoms with Gasteiger partial charge in [-0.1, -0.05) is 0 Å². The van der Waals surface area contributed by atoms with Crippen molar-refractivity contribution in [3.63, 3.8) is 0 Å². The van der Waals surface area contributed by atoms with Crippen molar-refractivity contribution in [1.82, 2.24) is 15.1 Å². The van der Waals surface area contributed by atoms with Crippen LogP contribution in [0.25, 0.3) is 0 Å². The fourth-order valence-electron chi connectivity index (χ4n) is 2.33. The van der Waals surface area contributed by atoms with E-state index in [0.717, 1.165) is 26.1 Å². The standard InChI is InChI=1S/C12H23N3O2/c1-14(7-8-15-5-2-3-6-15)12(16)13-11-4-9-17-10-11/h11H,2-10H2,1H3,(H,13,16). The summed E-state index contributed by atoms with van der Waals surface area (Å²) in [6.07, 6.45) is 3.54. The molecule has 17 heavy (non-hydrogen) atoms. The van der Waals surface area contributed by atoms with Crippen molar-refractivity contribution in [2.75, 3.05) is 46.4 Å². The van der Waals surface area contributed by atoms with Crippen molar-refractivity contribution in [2.24, 2.45) is 0 Å². The van der Waals surface area contributed by atoms with Gasteiger partial charge < -0.3 is 19.9 Å². The minimum absolute atomic E-state index is 0.0275. The lowest BCUT2D eigenvalue weighted by Crippen LogP contribution is -2.45. The van der Waals surface area contributed by atoms with Gasteiger partial charge in [-0.25, -0.2) is 4.79 Å². The third-order valence-electron chi connectivity index (χ3n) is 3.55. The summed E-state index contributed by atoms with van der Waals surface area (Å²) < 4.78 is 5.24. The summed E-state index contributed by atoms with van der Waals surface area (Å²) in [5.41, 5.74) is 0. The summed E-state index contributed by atoms with van der Waals surface area (Å²) in [7, 11) is 1.86. The molecule has 2 aliphatic rings. The zero-order valence-electron chi connectivity index (χ0n) is 10.7. The molecule has 0 spiro atoms. The number of likely N-dealkylation sites (N-methyl/N-ethyl adjacent to an activating group) is 1. The molecule has 2 fully saturated rings. The van der Waals surface area contributed by atoms with Gasteiger partial charge in [0.05, 0.1) is 12.6 Å². The molecule has 2 aliphatic heterocycles. The van der Waals surface area contributed by atoms with E-state index >= 15 is 0 Å². The Balaban J connectivity index is 1.63. The normalized spacial score (nSPS) is 25.1. The van der Waals surface area contributed by atoms with Gasteiger partial charge in [0.25, 0.3) is 0 Å². The molecule has 1 N–H and O–H groups in total. The molecule has 0 aromatic rings. The van der Waals surface area contributed by atoms with Crippen LogP contribution in [-0.2, 0) is 4.74 Å². The Morgan fingerprint density at radius 1 is 1.47 bits per heavy atom. The van der Waals surface area contributed by atoms with Crippen molar-refractivity contribution in [3.8, 4) is 0 Å². The second-order valence-corrected chi connectivity index (χ2v) is 4.98. The van der Waals surface area contributed by atoms with E-state index in [1.54, 1.807) is 4.90 Å². The number of ether oxygens (including phenoxy) is 1. The summed E-state index contributed by atoms with van der Waals surface area (Å²) in [6, 6.07) is 0.233. The predicted octanol–water partition coefficient (Wildman–Crippen LogP) is 0.513. The summed E-state index contributed by atoms with van der Waals surface area (Å²) in [4.78, 5) is 16.0. The molecule has 0 saturated carbocycles. The first-order valence-corrected chi connectivity index (χ1v) is 6.57. The lowest BCUT2D eigenvalue weighted by molar-refractivity contribution is 0.179. The smallest absolute Gasteiger partial charge is 0.317 e. The number of rotatable bonds is 4. The predicted molar refractivity (Wildman–Crippen MR) is 66.1 cm³/mol. The van der Waals surface area contributed by atoms with E-state index in [0.29, 0.717) is 6.61 Å². The number of amides is 2. The van der Waals surface area contributed by atoms with Gasteiger partial charge in [0.2, 0.25) is 0 Å². The Morgan fingerprint density at radius 3 is 2.88 bits per heavy atom. The van der Waals surface area contributed by atoms with Crippen molar-refractivity contribution >= 4 is 6.03 Å². The van der Waals surface area contributed by atoms with E-state index in [9.17, 15) is 4.79 Å². The molecule has 0 aromatic carbocycles. The fourth-order valence-corrected chi connectivity index (χ4v) is 2.33. The Bertz CT molecular complexity index is 248. The topological polar surface area (TPSA) is 44.8 Å². The van der Waals surface area contributed by atoms with Crippen LogP contribution in [0.15, 0.2) is 0 Å². The number of urea groups is 1. The van der Waals surface area contributed by atoms with Crippen LogP contribution in [0, 0.1) is 0 Å². The van der Waals surface area contributed by atoms with Gasteiger partial charge in [-0.05, 0) is 32.4 Å². The molecular formula is C12H23N3O2. The van der Waals surface area contributed by atoms with E-state index in [4.69, 9.17) is 4.74 Å². The van der Waals surface area contributed by atoms with Crippen LogP contribution in [0.5, 0.6) is 0 Å². The molecule has 98 valence electrons. The number of hydrogen-bond acceptors (Lipinski definition) is 3. The van der Waals surface area contributed by atoms with Crippen LogP contribution in [0.1, 0.15) is 19.3 Å². The van der Waals surface area contributed by atoms with Crippen molar-refractivity contribution in [2.45, 2.75) is 25.3 Å². The molecule has 2 amide bonds. The van der Waals surface area contributed by atoms with Crippen molar-refractivity contribution in [3.05, 3.63) is 0 Å². The zero-order valence-corrected chi connectivity index (χ0v) is 10.7. The highest BCUT2D eigenvalue weighted by Crippen LogP contribution is 2.07. The van der Waals surface area contributed by atoms with Crippen LogP contribution in [0.2, 0.25) is 0 Å². The Hall–Kier alpha value is -0.810. The van der Waals surface area contributed by atoms with Crippen LogP contribution in [-0.4, -0.2) is 68.3 Å². The van der Waals surface area contributed by atoms with Gasteiger partial charge in [0.1, 0.15) is 0 Å². The molecular weight excluding hydrogens is 218 g/mol. The second kappa shape index (κ2) is 6.21. The Kier molecular flexibility index (Phi) is 4.62. The van der Waals surface area contributed by atoms with Crippen LogP contribution in [0.4, 0.5) is 4.79 Å². The maximum Gasteiger partial charge on any atom is 0.317 e. The number of likely N-dealkylation sites (tertiary alicyclic amines) is 1. The summed E-state index contributed by atoms with van der Waals surface area (Å²) >= 11 is 0. The van der Waals surface area contributed by atoms with Crippen LogP contribution in [0.3, 0.4) is 0 Å². The molecule has 1 atom stereocenters. The molecule has 2 saturated heterocycles. The number of carbonyl (C=O) groups is 1. The molecule has 2 rings (SSSR count). The first-order chi connectivity index (χ1) is 8.25.